The van der Waals surface area contributed by atoms with E-state index >= 15 is 0 Å². The molecule has 5 nitrogen and oxygen atoms in total. The molecule has 0 aromatic heterocycles. The molecule has 118 valence electrons. The van der Waals surface area contributed by atoms with Crippen LogP contribution in [-0.4, -0.2) is 52.0 Å². The molecular formula is C15H30N2O3. The number of amides is 1. The molecule has 0 spiro atoms. The largest absolute Gasteiger partial charge is 0.382 e. The summed E-state index contributed by atoms with van der Waals surface area (Å²) in [7, 11) is 1.67. The average Bonchev–Trinajstić information content (AvgIpc) is 2.46. The lowest BCUT2D eigenvalue weighted by atomic mass is 9.95. The van der Waals surface area contributed by atoms with Gasteiger partial charge in [0.1, 0.15) is 0 Å². The molecule has 0 radical (unpaired) electrons. The Morgan fingerprint density at radius 3 is 2.65 bits per heavy atom. The van der Waals surface area contributed by atoms with Crippen LogP contribution in [0.5, 0.6) is 0 Å². The zero-order valence-corrected chi connectivity index (χ0v) is 12.8. The number of carbonyl (C=O) groups is 1. The van der Waals surface area contributed by atoms with E-state index in [-0.39, 0.29) is 5.91 Å². The summed E-state index contributed by atoms with van der Waals surface area (Å²) in [6.07, 6.45) is 8.15. The highest BCUT2D eigenvalue weighted by molar-refractivity contribution is 5.78. The summed E-state index contributed by atoms with van der Waals surface area (Å²) in [5.41, 5.74) is 0. The van der Waals surface area contributed by atoms with Gasteiger partial charge in [-0.25, -0.2) is 0 Å². The molecule has 2 N–H and O–H groups in total. The van der Waals surface area contributed by atoms with Crippen LogP contribution in [0.25, 0.3) is 0 Å². The molecule has 0 unspecified atom stereocenters. The van der Waals surface area contributed by atoms with Gasteiger partial charge in [-0.15, -0.1) is 0 Å². The smallest absolute Gasteiger partial charge is 0.234 e. The number of unbranched alkanes of at least 4 members (excludes halogenated alkanes) is 1. The van der Waals surface area contributed by atoms with Crippen molar-refractivity contribution in [3.8, 4) is 0 Å². The third-order valence-electron chi connectivity index (χ3n) is 3.58. The van der Waals surface area contributed by atoms with Crippen LogP contribution in [0.15, 0.2) is 0 Å². The maximum Gasteiger partial charge on any atom is 0.234 e. The van der Waals surface area contributed by atoms with Gasteiger partial charge in [-0.3, -0.25) is 4.79 Å². The minimum absolute atomic E-state index is 0.133. The van der Waals surface area contributed by atoms with Gasteiger partial charge in [-0.2, -0.15) is 0 Å². The van der Waals surface area contributed by atoms with Crippen LogP contribution in [0.4, 0.5) is 0 Å². The van der Waals surface area contributed by atoms with E-state index in [0.29, 0.717) is 25.8 Å². The average molecular weight is 286 g/mol. The van der Waals surface area contributed by atoms with Crippen LogP contribution in [0.2, 0.25) is 0 Å². The molecule has 5 heteroatoms. The van der Waals surface area contributed by atoms with E-state index in [1.165, 1.54) is 19.3 Å². The summed E-state index contributed by atoms with van der Waals surface area (Å²) in [4.78, 5) is 11.7. The van der Waals surface area contributed by atoms with Gasteiger partial charge in [0.05, 0.1) is 19.8 Å². The second-order valence-electron chi connectivity index (χ2n) is 5.39. The number of rotatable bonds is 11. The Bertz CT molecular complexity index is 243. The monoisotopic (exact) mass is 286 g/mol. The Labute approximate surface area is 122 Å². The first-order chi connectivity index (χ1) is 9.83. The third kappa shape index (κ3) is 9.28. The van der Waals surface area contributed by atoms with Crippen LogP contribution in [0.1, 0.15) is 44.9 Å². The standard InChI is InChI=1S/C15H30N2O3/c1-19-11-12-20-10-6-5-9-16-13-15(18)17-14-7-3-2-4-8-14/h14,16H,2-13H2,1H3,(H,17,18). The van der Waals surface area contributed by atoms with Gasteiger partial charge in [0, 0.05) is 19.8 Å². The highest BCUT2D eigenvalue weighted by atomic mass is 16.5. The van der Waals surface area contributed by atoms with Gasteiger partial charge in [-0.05, 0) is 32.2 Å². The Hall–Kier alpha value is -0.650. The molecule has 1 rings (SSSR count). The van der Waals surface area contributed by atoms with E-state index in [1.807, 2.05) is 0 Å². The topological polar surface area (TPSA) is 59.6 Å². The number of nitrogens with one attached hydrogen (secondary N) is 2. The molecule has 0 heterocycles. The summed E-state index contributed by atoms with van der Waals surface area (Å²) in [5.74, 6) is 0.133. The lowest BCUT2D eigenvalue weighted by molar-refractivity contribution is -0.121. The quantitative estimate of drug-likeness (QED) is 0.565. The summed E-state index contributed by atoms with van der Waals surface area (Å²) in [5, 5.41) is 6.29. The van der Waals surface area contributed by atoms with Crippen molar-refractivity contribution in [1.29, 1.82) is 0 Å². The van der Waals surface area contributed by atoms with Crippen molar-refractivity contribution in [2.45, 2.75) is 51.0 Å². The highest BCUT2D eigenvalue weighted by Gasteiger charge is 2.14. The number of hydrogen-bond donors (Lipinski definition) is 2. The zero-order valence-electron chi connectivity index (χ0n) is 12.8. The molecule has 0 bridgehead atoms. The highest BCUT2D eigenvalue weighted by Crippen LogP contribution is 2.16. The number of methoxy groups -OCH3 is 1. The second-order valence-corrected chi connectivity index (χ2v) is 5.39. The summed E-state index contributed by atoms with van der Waals surface area (Å²) in [6, 6.07) is 0.409. The first-order valence-electron chi connectivity index (χ1n) is 7.89. The first-order valence-corrected chi connectivity index (χ1v) is 7.89. The Balaban J connectivity index is 1.84. The van der Waals surface area contributed by atoms with Crippen molar-refractivity contribution < 1.29 is 14.3 Å². The number of carbonyl (C=O) groups excluding carboxylic acids is 1. The molecule has 0 atom stereocenters. The van der Waals surface area contributed by atoms with Crippen LogP contribution in [0, 0.1) is 0 Å². The molecule has 1 saturated carbocycles. The normalized spacial score (nSPS) is 16.2. The summed E-state index contributed by atoms with van der Waals surface area (Å²) in [6.45, 7) is 3.37. The zero-order chi connectivity index (χ0) is 14.5. The van der Waals surface area contributed by atoms with Gasteiger partial charge >= 0.3 is 0 Å². The SMILES string of the molecule is COCCOCCCCNCC(=O)NC1CCCCC1. The second kappa shape index (κ2) is 12.1. The van der Waals surface area contributed by atoms with Crippen molar-refractivity contribution in [1.82, 2.24) is 10.6 Å². The van der Waals surface area contributed by atoms with Gasteiger partial charge in [0.15, 0.2) is 0 Å². The molecular weight excluding hydrogens is 256 g/mol. The van der Waals surface area contributed by atoms with E-state index in [4.69, 9.17) is 9.47 Å². The van der Waals surface area contributed by atoms with Crippen molar-refractivity contribution in [2.75, 3.05) is 40.0 Å². The fraction of sp³-hybridized carbons (Fsp3) is 0.933. The van der Waals surface area contributed by atoms with Crippen LogP contribution in [0.3, 0.4) is 0 Å². The molecule has 20 heavy (non-hydrogen) atoms. The summed E-state index contributed by atoms with van der Waals surface area (Å²) < 4.78 is 10.3. The molecule has 1 aliphatic rings. The fourth-order valence-electron chi connectivity index (χ4n) is 2.43. The van der Waals surface area contributed by atoms with Crippen LogP contribution >= 0.6 is 0 Å². The lowest BCUT2D eigenvalue weighted by Gasteiger charge is -2.22. The third-order valence-corrected chi connectivity index (χ3v) is 3.58. The van der Waals surface area contributed by atoms with Crippen LogP contribution < -0.4 is 10.6 Å². The molecule has 0 aromatic carbocycles. The number of ether oxygens (including phenoxy) is 2. The van der Waals surface area contributed by atoms with E-state index in [9.17, 15) is 4.79 Å². The predicted molar refractivity (Wildman–Crippen MR) is 79.8 cm³/mol. The van der Waals surface area contributed by atoms with Gasteiger partial charge in [0.25, 0.3) is 0 Å². The van der Waals surface area contributed by atoms with Gasteiger partial charge in [0.2, 0.25) is 5.91 Å². The van der Waals surface area contributed by atoms with E-state index in [0.717, 1.165) is 38.8 Å². The first kappa shape index (κ1) is 17.4. The molecule has 1 fully saturated rings. The molecule has 0 saturated heterocycles. The van der Waals surface area contributed by atoms with Gasteiger partial charge < -0.3 is 20.1 Å². The number of hydrogen-bond acceptors (Lipinski definition) is 4. The van der Waals surface area contributed by atoms with E-state index < -0.39 is 0 Å². The molecule has 1 aliphatic carbocycles. The van der Waals surface area contributed by atoms with Crippen molar-refractivity contribution in [2.24, 2.45) is 0 Å². The van der Waals surface area contributed by atoms with E-state index in [2.05, 4.69) is 10.6 Å². The molecule has 1 amide bonds. The Morgan fingerprint density at radius 2 is 1.90 bits per heavy atom. The fourth-order valence-corrected chi connectivity index (χ4v) is 2.43. The van der Waals surface area contributed by atoms with Gasteiger partial charge in [-0.1, -0.05) is 19.3 Å². The minimum Gasteiger partial charge on any atom is -0.382 e. The Morgan fingerprint density at radius 1 is 1.10 bits per heavy atom. The van der Waals surface area contributed by atoms with E-state index in [1.54, 1.807) is 7.11 Å². The van der Waals surface area contributed by atoms with Crippen molar-refractivity contribution in [3.05, 3.63) is 0 Å². The Kier molecular flexibility index (Phi) is 10.5. The van der Waals surface area contributed by atoms with Crippen LogP contribution in [-0.2, 0) is 14.3 Å². The van der Waals surface area contributed by atoms with Crippen molar-refractivity contribution in [3.63, 3.8) is 0 Å². The lowest BCUT2D eigenvalue weighted by Crippen LogP contribution is -2.41. The maximum atomic E-state index is 11.7. The molecule has 0 aliphatic heterocycles. The maximum absolute atomic E-state index is 11.7. The minimum atomic E-state index is 0.133. The summed E-state index contributed by atoms with van der Waals surface area (Å²) >= 11 is 0. The molecule has 0 aromatic rings. The predicted octanol–water partition coefficient (Wildman–Crippen LogP) is 1.47. The van der Waals surface area contributed by atoms with Crippen molar-refractivity contribution >= 4 is 5.91 Å².